The van der Waals surface area contributed by atoms with E-state index in [1.54, 1.807) is 0 Å². The predicted molar refractivity (Wildman–Crippen MR) is 104 cm³/mol. The van der Waals surface area contributed by atoms with Crippen molar-refractivity contribution in [1.29, 1.82) is 0 Å². The van der Waals surface area contributed by atoms with Gasteiger partial charge in [-0.05, 0) is 5.56 Å². The highest BCUT2D eigenvalue weighted by Crippen LogP contribution is 2.34. The van der Waals surface area contributed by atoms with E-state index in [-0.39, 0.29) is 11.9 Å². The van der Waals surface area contributed by atoms with Crippen molar-refractivity contribution in [2.75, 3.05) is 13.2 Å². The highest BCUT2D eigenvalue weighted by molar-refractivity contribution is 5.73. The number of amides is 1. The molecular formula is C22H26N2O4. The van der Waals surface area contributed by atoms with Crippen molar-refractivity contribution in [1.82, 2.24) is 10.2 Å². The Bertz CT molecular complexity index is 786. The Kier molecular flexibility index (Phi) is 5.73. The van der Waals surface area contributed by atoms with Gasteiger partial charge < -0.3 is 19.9 Å². The van der Waals surface area contributed by atoms with Gasteiger partial charge in [0.15, 0.2) is 6.29 Å². The fourth-order valence-electron chi connectivity index (χ4n) is 4.08. The minimum absolute atomic E-state index is 0.0832. The first kappa shape index (κ1) is 19.1. The van der Waals surface area contributed by atoms with Crippen LogP contribution in [0, 0.1) is 0 Å². The third kappa shape index (κ3) is 4.10. The number of nitrogens with one attached hydrogen (secondary N) is 1. The first-order valence-electron chi connectivity index (χ1n) is 9.67. The second kappa shape index (κ2) is 8.41. The summed E-state index contributed by atoms with van der Waals surface area (Å²) in [5.74, 6) is -0.158. The number of hydrogen-bond acceptors (Lipinski definition) is 5. The van der Waals surface area contributed by atoms with E-state index in [0.717, 1.165) is 5.56 Å². The molecule has 148 valence electrons. The molecule has 2 saturated heterocycles. The molecule has 2 aromatic rings. The van der Waals surface area contributed by atoms with Crippen LogP contribution in [0.1, 0.15) is 24.3 Å². The van der Waals surface area contributed by atoms with Gasteiger partial charge in [-0.25, -0.2) is 0 Å². The van der Waals surface area contributed by atoms with Crippen molar-refractivity contribution in [3.63, 3.8) is 0 Å². The van der Waals surface area contributed by atoms with Crippen LogP contribution < -0.4 is 5.32 Å². The SMILES string of the molecule is CC(=O)NC1CN(Cc2ccccc2)C2COC(c3ccccc3)OC2C1O. The van der Waals surface area contributed by atoms with Gasteiger partial charge in [0, 0.05) is 25.6 Å². The molecule has 1 amide bonds. The normalized spacial score (nSPS) is 30.4. The monoisotopic (exact) mass is 382 g/mol. The molecule has 0 aromatic heterocycles. The quantitative estimate of drug-likeness (QED) is 0.845. The first-order chi connectivity index (χ1) is 13.6. The lowest BCUT2D eigenvalue weighted by atomic mass is 9.90. The number of carbonyl (C=O) groups excluding carboxylic acids is 1. The second-order valence-corrected chi connectivity index (χ2v) is 7.46. The van der Waals surface area contributed by atoms with Crippen LogP contribution in [0.3, 0.4) is 0 Å². The number of nitrogens with zero attached hydrogens (tertiary/aromatic N) is 1. The summed E-state index contributed by atoms with van der Waals surface area (Å²) in [6, 6.07) is 19.4. The minimum Gasteiger partial charge on any atom is -0.388 e. The van der Waals surface area contributed by atoms with Crippen molar-refractivity contribution >= 4 is 5.91 Å². The van der Waals surface area contributed by atoms with Crippen LogP contribution in [0.25, 0.3) is 0 Å². The van der Waals surface area contributed by atoms with E-state index >= 15 is 0 Å². The van der Waals surface area contributed by atoms with Crippen molar-refractivity contribution in [2.24, 2.45) is 0 Å². The maximum absolute atomic E-state index is 11.7. The van der Waals surface area contributed by atoms with Gasteiger partial charge in [0.25, 0.3) is 0 Å². The molecule has 2 fully saturated rings. The van der Waals surface area contributed by atoms with E-state index < -0.39 is 24.5 Å². The lowest BCUT2D eigenvalue weighted by molar-refractivity contribution is -0.279. The van der Waals surface area contributed by atoms with Crippen molar-refractivity contribution in [3.8, 4) is 0 Å². The summed E-state index contributed by atoms with van der Waals surface area (Å²) < 4.78 is 12.2. The molecule has 2 aliphatic rings. The average Bonchev–Trinajstić information content (AvgIpc) is 2.72. The molecule has 2 aromatic carbocycles. The molecule has 2 N–H and O–H groups in total. The van der Waals surface area contributed by atoms with Gasteiger partial charge in [-0.3, -0.25) is 9.69 Å². The van der Waals surface area contributed by atoms with E-state index in [1.165, 1.54) is 12.5 Å². The molecule has 0 radical (unpaired) electrons. The largest absolute Gasteiger partial charge is 0.388 e. The number of piperidine rings is 1. The summed E-state index contributed by atoms with van der Waals surface area (Å²) in [5, 5.41) is 13.8. The highest BCUT2D eigenvalue weighted by Gasteiger charge is 2.47. The number of ether oxygens (including phenoxy) is 2. The third-order valence-corrected chi connectivity index (χ3v) is 5.42. The maximum Gasteiger partial charge on any atom is 0.217 e. The van der Waals surface area contributed by atoms with Crippen LogP contribution in [-0.2, 0) is 20.8 Å². The van der Waals surface area contributed by atoms with E-state index in [2.05, 4.69) is 22.3 Å². The van der Waals surface area contributed by atoms with Crippen LogP contribution in [0.2, 0.25) is 0 Å². The molecular weight excluding hydrogens is 356 g/mol. The van der Waals surface area contributed by atoms with Gasteiger partial charge in [0.2, 0.25) is 5.91 Å². The molecule has 0 aliphatic carbocycles. The van der Waals surface area contributed by atoms with Crippen molar-refractivity contribution in [3.05, 3.63) is 71.8 Å². The molecule has 0 bridgehead atoms. The van der Waals surface area contributed by atoms with Gasteiger partial charge in [-0.15, -0.1) is 0 Å². The number of likely N-dealkylation sites (tertiary alicyclic amines) is 1. The molecule has 6 nitrogen and oxygen atoms in total. The Morgan fingerprint density at radius 3 is 2.50 bits per heavy atom. The van der Waals surface area contributed by atoms with Gasteiger partial charge >= 0.3 is 0 Å². The number of hydrogen-bond donors (Lipinski definition) is 2. The summed E-state index contributed by atoms with van der Waals surface area (Å²) >= 11 is 0. The van der Waals surface area contributed by atoms with Crippen molar-refractivity contribution in [2.45, 2.75) is 44.1 Å². The van der Waals surface area contributed by atoms with Gasteiger partial charge in [-0.2, -0.15) is 0 Å². The summed E-state index contributed by atoms with van der Waals surface area (Å²) in [7, 11) is 0. The molecule has 2 heterocycles. The predicted octanol–water partition coefficient (Wildman–Crippen LogP) is 1.85. The number of benzene rings is 2. The molecule has 5 atom stereocenters. The molecule has 5 unspecified atom stereocenters. The van der Waals surface area contributed by atoms with E-state index in [0.29, 0.717) is 19.7 Å². The Morgan fingerprint density at radius 1 is 1.14 bits per heavy atom. The minimum atomic E-state index is -0.795. The van der Waals surface area contributed by atoms with Gasteiger partial charge in [-0.1, -0.05) is 60.7 Å². The molecule has 4 rings (SSSR count). The number of aliphatic hydroxyl groups excluding tert-OH is 1. The third-order valence-electron chi connectivity index (χ3n) is 5.42. The summed E-state index contributed by atoms with van der Waals surface area (Å²) in [6.07, 6.45) is -1.77. The van der Waals surface area contributed by atoms with E-state index in [4.69, 9.17) is 9.47 Å². The number of rotatable bonds is 4. The topological polar surface area (TPSA) is 71.0 Å². The molecule has 0 spiro atoms. The molecule has 6 heteroatoms. The smallest absolute Gasteiger partial charge is 0.217 e. The van der Waals surface area contributed by atoms with Gasteiger partial charge in [0.1, 0.15) is 12.2 Å². The average molecular weight is 382 g/mol. The van der Waals surface area contributed by atoms with E-state index in [1.807, 2.05) is 48.5 Å². The molecule has 2 aliphatic heterocycles. The lowest BCUT2D eigenvalue weighted by Crippen LogP contribution is -2.68. The summed E-state index contributed by atoms with van der Waals surface area (Å²) in [6.45, 7) is 3.17. The highest BCUT2D eigenvalue weighted by atomic mass is 16.7. The van der Waals surface area contributed by atoms with Crippen LogP contribution in [0.5, 0.6) is 0 Å². The number of fused-ring (bicyclic) bond motifs is 1. The lowest BCUT2D eigenvalue weighted by Gasteiger charge is -2.50. The Hall–Kier alpha value is -2.25. The summed E-state index contributed by atoms with van der Waals surface area (Å²) in [4.78, 5) is 13.9. The Balaban J connectivity index is 1.56. The first-order valence-corrected chi connectivity index (χ1v) is 9.67. The number of aliphatic hydroxyl groups is 1. The van der Waals surface area contributed by atoms with Crippen LogP contribution in [0.15, 0.2) is 60.7 Å². The zero-order valence-electron chi connectivity index (χ0n) is 15.9. The van der Waals surface area contributed by atoms with Gasteiger partial charge in [0.05, 0.1) is 18.7 Å². The van der Waals surface area contributed by atoms with Crippen molar-refractivity contribution < 1.29 is 19.4 Å². The standard InChI is InChI=1S/C22H26N2O4/c1-15(25)23-18-13-24(12-16-8-4-2-5-9-16)19-14-27-22(28-21(19)20(18)26)17-10-6-3-7-11-17/h2-11,18-22,26H,12-14H2,1H3,(H,23,25). The zero-order chi connectivity index (χ0) is 19.5. The molecule has 0 saturated carbocycles. The fourth-order valence-corrected chi connectivity index (χ4v) is 4.08. The van der Waals surface area contributed by atoms with Crippen LogP contribution in [-0.4, -0.2) is 53.4 Å². The Morgan fingerprint density at radius 2 is 1.82 bits per heavy atom. The Labute approximate surface area is 165 Å². The van der Waals surface area contributed by atoms with Crippen LogP contribution >= 0.6 is 0 Å². The summed E-state index contributed by atoms with van der Waals surface area (Å²) in [5.41, 5.74) is 2.09. The zero-order valence-corrected chi connectivity index (χ0v) is 15.9. The maximum atomic E-state index is 11.7. The number of carbonyl (C=O) groups is 1. The van der Waals surface area contributed by atoms with Crippen LogP contribution in [0.4, 0.5) is 0 Å². The fraction of sp³-hybridized carbons (Fsp3) is 0.409. The second-order valence-electron chi connectivity index (χ2n) is 7.46. The molecule has 28 heavy (non-hydrogen) atoms. The van der Waals surface area contributed by atoms with E-state index in [9.17, 15) is 9.90 Å².